The lowest BCUT2D eigenvalue weighted by molar-refractivity contribution is -0.127. The van der Waals surface area contributed by atoms with Crippen LogP contribution in [-0.4, -0.2) is 37.0 Å². The van der Waals surface area contributed by atoms with Crippen LogP contribution in [0.15, 0.2) is 11.6 Å². The van der Waals surface area contributed by atoms with E-state index >= 15 is 0 Å². The fraction of sp³-hybridized carbons (Fsp3) is 0.750. The molecular weight excluding hydrogens is 188 g/mol. The number of hydrogen-bond donors (Lipinski definition) is 1. The van der Waals surface area contributed by atoms with E-state index in [4.69, 9.17) is 0 Å². The lowest BCUT2D eigenvalue weighted by Gasteiger charge is -2.26. The van der Waals surface area contributed by atoms with E-state index in [0.29, 0.717) is 6.04 Å². The van der Waals surface area contributed by atoms with E-state index in [-0.39, 0.29) is 5.91 Å². The number of rotatable bonds is 2. The van der Waals surface area contributed by atoms with Crippen molar-refractivity contribution in [3.63, 3.8) is 0 Å². The summed E-state index contributed by atoms with van der Waals surface area (Å²) in [5.74, 6) is 0.141. The monoisotopic (exact) mass is 210 g/mol. The Balaban J connectivity index is 2.53. The highest BCUT2D eigenvalue weighted by atomic mass is 16.2. The fourth-order valence-electron chi connectivity index (χ4n) is 1.92. The Hall–Kier alpha value is -0.830. The van der Waals surface area contributed by atoms with Gasteiger partial charge in [-0.05, 0) is 46.2 Å². The largest absolute Gasteiger partial charge is 0.339 e. The maximum atomic E-state index is 11.8. The summed E-state index contributed by atoms with van der Waals surface area (Å²) < 4.78 is 0. The lowest BCUT2D eigenvalue weighted by atomic mass is 10.1. The van der Waals surface area contributed by atoms with Crippen molar-refractivity contribution in [2.45, 2.75) is 39.2 Å². The molecule has 0 aliphatic carbocycles. The zero-order chi connectivity index (χ0) is 11.3. The Morgan fingerprint density at radius 3 is 2.73 bits per heavy atom. The van der Waals surface area contributed by atoms with E-state index in [1.54, 1.807) is 6.08 Å². The minimum atomic E-state index is 0.141. The summed E-state index contributed by atoms with van der Waals surface area (Å²) in [5, 5.41) is 3.36. The van der Waals surface area contributed by atoms with E-state index in [1.807, 2.05) is 25.8 Å². The fourth-order valence-corrected chi connectivity index (χ4v) is 1.92. The van der Waals surface area contributed by atoms with Gasteiger partial charge in [0.2, 0.25) is 5.91 Å². The SMILES string of the molecule is CC(C)=CC(=O)N(C)C1CCCNCC1. The molecule has 15 heavy (non-hydrogen) atoms. The number of likely N-dealkylation sites (N-methyl/N-ethyl adjacent to an activating group) is 1. The molecule has 1 atom stereocenters. The topological polar surface area (TPSA) is 32.3 Å². The van der Waals surface area contributed by atoms with Gasteiger partial charge in [-0.3, -0.25) is 4.79 Å². The lowest BCUT2D eigenvalue weighted by Crippen LogP contribution is -2.36. The molecule has 1 N–H and O–H groups in total. The molecule has 3 heteroatoms. The first kappa shape index (κ1) is 12.2. The number of carbonyl (C=O) groups is 1. The Bertz CT molecular complexity index is 236. The smallest absolute Gasteiger partial charge is 0.246 e. The van der Waals surface area contributed by atoms with E-state index in [9.17, 15) is 4.79 Å². The summed E-state index contributed by atoms with van der Waals surface area (Å²) >= 11 is 0. The van der Waals surface area contributed by atoms with Crippen molar-refractivity contribution in [1.29, 1.82) is 0 Å². The number of allylic oxidation sites excluding steroid dienone is 1. The highest BCUT2D eigenvalue weighted by molar-refractivity contribution is 5.88. The zero-order valence-corrected chi connectivity index (χ0v) is 10.0. The molecule has 1 aliphatic heterocycles. The Labute approximate surface area is 92.5 Å². The molecule has 0 aromatic heterocycles. The molecule has 1 saturated heterocycles. The molecule has 1 fully saturated rings. The minimum absolute atomic E-state index is 0.141. The van der Waals surface area contributed by atoms with E-state index in [1.165, 1.54) is 0 Å². The molecule has 1 aliphatic rings. The molecular formula is C12H22N2O. The second kappa shape index (κ2) is 5.91. The first-order chi connectivity index (χ1) is 7.11. The third-order valence-electron chi connectivity index (χ3n) is 2.85. The van der Waals surface area contributed by atoms with Crippen molar-refractivity contribution in [2.24, 2.45) is 0 Å². The summed E-state index contributed by atoms with van der Waals surface area (Å²) in [7, 11) is 1.91. The van der Waals surface area contributed by atoms with Gasteiger partial charge in [-0.15, -0.1) is 0 Å². The van der Waals surface area contributed by atoms with Crippen LogP contribution in [0.1, 0.15) is 33.1 Å². The summed E-state index contributed by atoms with van der Waals surface area (Å²) in [5.41, 5.74) is 1.07. The zero-order valence-electron chi connectivity index (χ0n) is 10.0. The molecule has 0 spiro atoms. The van der Waals surface area contributed by atoms with Crippen molar-refractivity contribution >= 4 is 5.91 Å². The third-order valence-corrected chi connectivity index (χ3v) is 2.85. The molecule has 0 aromatic carbocycles. The van der Waals surface area contributed by atoms with Gasteiger partial charge in [0.25, 0.3) is 0 Å². The van der Waals surface area contributed by atoms with Crippen molar-refractivity contribution in [3.05, 3.63) is 11.6 Å². The van der Waals surface area contributed by atoms with Crippen LogP contribution in [0.2, 0.25) is 0 Å². The van der Waals surface area contributed by atoms with Gasteiger partial charge in [-0.25, -0.2) is 0 Å². The van der Waals surface area contributed by atoms with Crippen LogP contribution in [0.3, 0.4) is 0 Å². The number of carbonyl (C=O) groups excluding carboxylic acids is 1. The Kier molecular flexibility index (Phi) is 4.82. The van der Waals surface area contributed by atoms with Crippen LogP contribution in [0.5, 0.6) is 0 Å². The molecule has 3 nitrogen and oxygen atoms in total. The summed E-state index contributed by atoms with van der Waals surface area (Å²) in [6.07, 6.45) is 5.07. The Morgan fingerprint density at radius 1 is 1.33 bits per heavy atom. The number of nitrogens with zero attached hydrogens (tertiary/aromatic N) is 1. The summed E-state index contributed by atoms with van der Waals surface area (Å²) in [6.45, 7) is 6.03. The van der Waals surface area contributed by atoms with E-state index < -0.39 is 0 Å². The quantitative estimate of drug-likeness (QED) is 0.701. The van der Waals surface area contributed by atoms with Gasteiger partial charge >= 0.3 is 0 Å². The van der Waals surface area contributed by atoms with Crippen molar-refractivity contribution in [3.8, 4) is 0 Å². The van der Waals surface area contributed by atoms with Gasteiger partial charge in [-0.2, -0.15) is 0 Å². The van der Waals surface area contributed by atoms with Gasteiger partial charge in [-0.1, -0.05) is 5.57 Å². The molecule has 1 amide bonds. The molecule has 1 unspecified atom stereocenters. The second-order valence-electron chi connectivity index (χ2n) is 4.51. The highest BCUT2D eigenvalue weighted by Crippen LogP contribution is 2.12. The van der Waals surface area contributed by atoms with Crippen molar-refractivity contribution in [2.75, 3.05) is 20.1 Å². The van der Waals surface area contributed by atoms with Crippen LogP contribution in [0.25, 0.3) is 0 Å². The molecule has 1 heterocycles. The standard InChI is InChI=1S/C12H22N2O/c1-10(2)9-12(15)14(3)11-5-4-7-13-8-6-11/h9,11,13H,4-8H2,1-3H3. The average molecular weight is 210 g/mol. The first-order valence-electron chi connectivity index (χ1n) is 5.73. The van der Waals surface area contributed by atoms with Crippen LogP contribution in [-0.2, 0) is 4.79 Å². The summed E-state index contributed by atoms with van der Waals surface area (Å²) in [4.78, 5) is 13.7. The van der Waals surface area contributed by atoms with Gasteiger partial charge in [0, 0.05) is 19.2 Å². The molecule has 0 bridgehead atoms. The van der Waals surface area contributed by atoms with Crippen LogP contribution in [0, 0.1) is 0 Å². The third kappa shape index (κ3) is 4.04. The first-order valence-corrected chi connectivity index (χ1v) is 5.73. The summed E-state index contributed by atoms with van der Waals surface area (Å²) in [6, 6.07) is 0.406. The predicted molar refractivity (Wildman–Crippen MR) is 62.7 cm³/mol. The normalized spacial score (nSPS) is 21.7. The van der Waals surface area contributed by atoms with E-state index in [2.05, 4.69) is 5.32 Å². The number of amides is 1. The maximum absolute atomic E-state index is 11.8. The Morgan fingerprint density at radius 2 is 2.07 bits per heavy atom. The second-order valence-corrected chi connectivity index (χ2v) is 4.51. The molecule has 86 valence electrons. The van der Waals surface area contributed by atoms with Crippen molar-refractivity contribution < 1.29 is 4.79 Å². The molecule has 0 radical (unpaired) electrons. The van der Waals surface area contributed by atoms with Gasteiger partial charge in [0.15, 0.2) is 0 Å². The molecule has 0 aromatic rings. The van der Waals surface area contributed by atoms with Gasteiger partial charge < -0.3 is 10.2 Å². The van der Waals surface area contributed by atoms with Crippen LogP contribution in [0.4, 0.5) is 0 Å². The molecule has 0 saturated carbocycles. The highest BCUT2D eigenvalue weighted by Gasteiger charge is 2.19. The molecule has 1 rings (SSSR count). The maximum Gasteiger partial charge on any atom is 0.246 e. The van der Waals surface area contributed by atoms with E-state index in [0.717, 1.165) is 37.9 Å². The van der Waals surface area contributed by atoms with Crippen LogP contribution < -0.4 is 5.32 Å². The predicted octanol–water partition coefficient (Wildman–Crippen LogP) is 1.55. The number of nitrogens with one attached hydrogen (secondary N) is 1. The van der Waals surface area contributed by atoms with Gasteiger partial charge in [0.1, 0.15) is 0 Å². The minimum Gasteiger partial charge on any atom is -0.339 e. The number of hydrogen-bond acceptors (Lipinski definition) is 2. The van der Waals surface area contributed by atoms with Gasteiger partial charge in [0.05, 0.1) is 0 Å². The average Bonchev–Trinajstić information content (AvgIpc) is 2.43. The van der Waals surface area contributed by atoms with Crippen LogP contribution >= 0.6 is 0 Å². The van der Waals surface area contributed by atoms with Crippen molar-refractivity contribution in [1.82, 2.24) is 10.2 Å².